The molecule has 1 N–H and O–H groups in total. The van der Waals surface area contributed by atoms with Gasteiger partial charge in [0.1, 0.15) is 4.70 Å². The van der Waals surface area contributed by atoms with Crippen molar-refractivity contribution in [2.24, 2.45) is 0 Å². The van der Waals surface area contributed by atoms with Crippen LogP contribution < -0.4 is 15.8 Å². The van der Waals surface area contributed by atoms with Gasteiger partial charge in [0, 0.05) is 19.6 Å². The highest BCUT2D eigenvalue weighted by Gasteiger charge is 2.33. The van der Waals surface area contributed by atoms with Gasteiger partial charge in [0.25, 0.3) is 5.56 Å². The molecule has 2 heterocycles. The Kier molecular flexibility index (Phi) is 7.80. The lowest BCUT2D eigenvalue weighted by Crippen LogP contribution is -2.23. The molecule has 0 spiro atoms. The molecule has 0 aliphatic rings. The molecular weight excluding hydrogens is 475 g/mol. The molecule has 0 radical (unpaired) electrons. The van der Waals surface area contributed by atoms with Gasteiger partial charge in [-0.3, -0.25) is 14.2 Å². The van der Waals surface area contributed by atoms with Gasteiger partial charge in [-0.1, -0.05) is 41.3 Å². The third-order valence-electron chi connectivity index (χ3n) is 4.65. The number of thioether (sulfide) groups is 1. The van der Waals surface area contributed by atoms with Gasteiger partial charge in [0.05, 0.1) is 17.0 Å². The maximum Gasteiger partial charge on any atom is 0.418 e. The number of alkyl halides is 3. The Balaban J connectivity index is 1.86. The number of allylic oxidation sites excluding steroid dienone is 1. The average molecular weight is 498 g/mol. The number of thiazole rings is 1. The summed E-state index contributed by atoms with van der Waals surface area (Å²) in [7, 11) is 0. The van der Waals surface area contributed by atoms with E-state index in [1.54, 1.807) is 0 Å². The fourth-order valence-electron chi connectivity index (χ4n) is 3.06. The first-order valence-corrected chi connectivity index (χ1v) is 11.9. The van der Waals surface area contributed by atoms with E-state index >= 15 is 0 Å². The summed E-state index contributed by atoms with van der Waals surface area (Å²) in [4.78, 5) is 36.4. The van der Waals surface area contributed by atoms with Gasteiger partial charge in [-0.25, -0.2) is 4.98 Å². The fourth-order valence-corrected chi connectivity index (χ4v) is 4.94. The molecule has 1 aromatic carbocycles. The number of amides is 1. The Morgan fingerprint density at radius 3 is 2.61 bits per heavy atom. The van der Waals surface area contributed by atoms with Crippen LogP contribution in [0, 0.1) is 0 Å². The molecule has 0 fully saturated rings. The lowest BCUT2D eigenvalue weighted by molar-refractivity contribution is -0.137. The van der Waals surface area contributed by atoms with E-state index in [1.807, 2.05) is 18.7 Å². The fraction of sp³-hybridized carbons (Fsp3) is 0.333. The Labute approximate surface area is 196 Å². The van der Waals surface area contributed by atoms with Crippen LogP contribution >= 0.6 is 23.1 Å². The number of carbonyl (C=O) groups excluding carboxylic acids is 1. The Hall–Kier alpha value is -2.86. The highest BCUT2D eigenvalue weighted by molar-refractivity contribution is 7.99. The number of hydrogen-bond donors (Lipinski definition) is 1. The number of benzene rings is 1. The van der Waals surface area contributed by atoms with Crippen molar-refractivity contribution in [3.05, 3.63) is 52.8 Å². The van der Waals surface area contributed by atoms with Gasteiger partial charge in [0.2, 0.25) is 5.91 Å². The maximum absolute atomic E-state index is 13.2. The second-order valence-electron chi connectivity index (χ2n) is 6.80. The third-order valence-corrected chi connectivity index (χ3v) is 6.72. The largest absolute Gasteiger partial charge is 0.418 e. The number of para-hydroxylation sites is 1. The highest BCUT2D eigenvalue weighted by atomic mass is 32.2. The van der Waals surface area contributed by atoms with Gasteiger partial charge in [-0.2, -0.15) is 18.2 Å². The van der Waals surface area contributed by atoms with Crippen LogP contribution in [0.2, 0.25) is 0 Å². The van der Waals surface area contributed by atoms with Crippen molar-refractivity contribution in [1.82, 2.24) is 14.5 Å². The number of aromatic nitrogens is 3. The van der Waals surface area contributed by atoms with E-state index < -0.39 is 17.6 Å². The molecule has 0 atom stereocenters. The first-order valence-electron chi connectivity index (χ1n) is 10.1. The third kappa shape index (κ3) is 5.56. The molecule has 0 bridgehead atoms. The first-order chi connectivity index (χ1) is 15.7. The highest BCUT2D eigenvalue weighted by Crippen LogP contribution is 2.34. The lowest BCUT2D eigenvalue weighted by Gasteiger charge is -2.15. The van der Waals surface area contributed by atoms with E-state index in [2.05, 4.69) is 21.9 Å². The minimum atomic E-state index is -4.60. The van der Waals surface area contributed by atoms with E-state index in [1.165, 1.54) is 40.2 Å². The number of halogens is 3. The molecule has 3 aromatic rings. The number of anilines is 2. The van der Waals surface area contributed by atoms with Crippen LogP contribution in [0.4, 0.5) is 24.0 Å². The number of nitrogens with zero attached hydrogens (tertiary/aromatic N) is 4. The minimum absolute atomic E-state index is 0.168. The number of hydrogen-bond acceptors (Lipinski definition) is 7. The predicted octanol–water partition coefficient (Wildman–Crippen LogP) is 4.63. The molecule has 0 aliphatic heterocycles. The molecule has 0 saturated carbocycles. The SMILES string of the molecule is C=CCn1c(SCC(=O)Nc2ccccc2C(F)(F)F)nc2nc(N(CC)CC)sc2c1=O. The second-order valence-corrected chi connectivity index (χ2v) is 8.72. The van der Waals surface area contributed by atoms with Crippen LogP contribution in [-0.2, 0) is 17.5 Å². The summed E-state index contributed by atoms with van der Waals surface area (Å²) < 4.78 is 41.3. The molecule has 0 unspecified atom stereocenters. The van der Waals surface area contributed by atoms with Crippen LogP contribution in [-0.4, -0.2) is 39.3 Å². The summed E-state index contributed by atoms with van der Waals surface area (Å²) in [5.41, 5.74) is -1.29. The lowest BCUT2D eigenvalue weighted by atomic mass is 10.1. The number of carbonyl (C=O) groups is 1. The zero-order valence-corrected chi connectivity index (χ0v) is 19.6. The summed E-state index contributed by atoms with van der Waals surface area (Å²) in [5.74, 6) is -0.896. The zero-order valence-electron chi connectivity index (χ0n) is 18.0. The molecule has 3 rings (SSSR count). The molecule has 176 valence electrons. The topological polar surface area (TPSA) is 80.1 Å². The molecule has 2 aromatic heterocycles. The molecule has 7 nitrogen and oxygen atoms in total. The van der Waals surface area contributed by atoms with Crippen molar-refractivity contribution in [3.8, 4) is 0 Å². The van der Waals surface area contributed by atoms with E-state index in [0.29, 0.717) is 9.83 Å². The minimum Gasteiger partial charge on any atom is -0.349 e. The number of fused-ring (bicyclic) bond motifs is 1. The Morgan fingerprint density at radius 2 is 1.97 bits per heavy atom. The smallest absolute Gasteiger partial charge is 0.349 e. The van der Waals surface area contributed by atoms with Crippen molar-refractivity contribution >= 4 is 50.2 Å². The molecule has 12 heteroatoms. The Bertz CT molecular complexity index is 1220. The van der Waals surface area contributed by atoms with E-state index in [0.717, 1.165) is 30.9 Å². The van der Waals surface area contributed by atoms with Gasteiger partial charge < -0.3 is 10.2 Å². The normalized spacial score (nSPS) is 11.5. The van der Waals surface area contributed by atoms with E-state index in [4.69, 9.17) is 0 Å². The van der Waals surface area contributed by atoms with E-state index in [9.17, 15) is 22.8 Å². The van der Waals surface area contributed by atoms with Crippen LogP contribution in [0.5, 0.6) is 0 Å². The van der Waals surface area contributed by atoms with Crippen LogP contribution in [0.25, 0.3) is 10.3 Å². The quantitative estimate of drug-likeness (QED) is 0.264. The summed E-state index contributed by atoms with van der Waals surface area (Å²) in [5, 5.41) is 3.20. The summed E-state index contributed by atoms with van der Waals surface area (Å²) >= 11 is 2.20. The average Bonchev–Trinajstić information content (AvgIpc) is 3.19. The van der Waals surface area contributed by atoms with Crippen molar-refractivity contribution in [2.45, 2.75) is 31.7 Å². The van der Waals surface area contributed by atoms with Crippen molar-refractivity contribution < 1.29 is 18.0 Å². The summed E-state index contributed by atoms with van der Waals surface area (Å²) in [6.45, 7) is 9.23. The monoisotopic (exact) mass is 497 g/mol. The van der Waals surface area contributed by atoms with Gasteiger partial charge in [-0.05, 0) is 26.0 Å². The molecule has 33 heavy (non-hydrogen) atoms. The first kappa shape index (κ1) is 24.8. The van der Waals surface area contributed by atoms with Crippen LogP contribution in [0.1, 0.15) is 19.4 Å². The van der Waals surface area contributed by atoms with Crippen molar-refractivity contribution in [3.63, 3.8) is 0 Å². The van der Waals surface area contributed by atoms with Crippen LogP contribution in [0.3, 0.4) is 0 Å². The second kappa shape index (κ2) is 10.4. The maximum atomic E-state index is 13.2. The van der Waals surface area contributed by atoms with Gasteiger partial charge in [0.15, 0.2) is 15.9 Å². The number of nitrogens with one attached hydrogen (secondary N) is 1. The molecule has 0 saturated heterocycles. The standard InChI is InChI=1S/C21H22F3N5O2S2/c1-4-11-29-18(31)16-17(26-19(33-16)28(5-2)6-3)27-20(29)32-12-15(30)25-14-10-8-7-9-13(14)21(22,23)24/h4,7-10H,1,5-6,11-12H2,2-3H3,(H,25,30). The summed E-state index contributed by atoms with van der Waals surface area (Å²) in [6, 6.07) is 4.74. The molecular formula is C21H22F3N5O2S2. The Morgan fingerprint density at radius 1 is 1.27 bits per heavy atom. The van der Waals surface area contributed by atoms with Crippen LogP contribution in [0.15, 0.2) is 46.9 Å². The van der Waals surface area contributed by atoms with E-state index in [-0.39, 0.29) is 34.3 Å². The number of rotatable bonds is 9. The zero-order chi connectivity index (χ0) is 24.2. The van der Waals surface area contributed by atoms with Gasteiger partial charge >= 0.3 is 6.18 Å². The van der Waals surface area contributed by atoms with Crippen molar-refractivity contribution in [2.75, 3.05) is 29.1 Å². The van der Waals surface area contributed by atoms with Gasteiger partial charge in [-0.15, -0.1) is 6.58 Å². The van der Waals surface area contributed by atoms with Crippen molar-refractivity contribution in [1.29, 1.82) is 0 Å². The summed E-state index contributed by atoms with van der Waals surface area (Å²) in [6.07, 6.45) is -3.06. The molecule has 1 amide bonds. The molecule has 0 aliphatic carbocycles. The predicted molar refractivity (Wildman–Crippen MR) is 126 cm³/mol.